The molecule has 0 radical (unpaired) electrons. The minimum Gasteiger partial charge on any atom is -0.305 e. The van der Waals surface area contributed by atoms with E-state index in [-0.39, 0.29) is 10.8 Å². The SMILES string of the molecule is CC(C)(C)C(NCc1ccsc1CN[C@@H](c1ccccc1)C(C)(C)C)c1ccccc1. The molecule has 0 saturated carbocycles. The van der Waals surface area contributed by atoms with Crippen molar-refractivity contribution in [1.82, 2.24) is 10.6 Å². The molecule has 2 nitrogen and oxygen atoms in total. The van der Waals surface area contributed by atoms with Crippen molar-refractivity contribution in [3.63, 3.8) is 0 Å². The van der Waals surface area contributed by atoms with Crippen LogP contribution in [-0.4, -0.2) is 0 Å². The summed E-state index contributed by atoms with van der Waals surface area (Å²) in [7, 11) is 0. The highest BCUT2D eigenvalue weighted by molar-refractivity contribution is 7.10. The Hall–Kier alpha value is -1.94. The van der Waals surface area contributed by atoms with Crippen molar-refractivity contribution < 1.29 is 0 Å². The molecule has 166 valence electrons. The van der Waals surface area contributed by atoms with E-state index in [0.29, 0.717) is 12.1 Å². The summed E-state index contributed by atoms with van der Waals surface area (Å²) in [5, 5.41) is 9.92. The van der Waals surface area contributed by atoms with Crippen LogP contribution in [-0.2, 0) is 13.1 Å². The Balaban J connectivity index is 1.70. The van der Waals surface area contributed by atoms with Gasteiger partial charge in [-0.2, -0.15) is 0 Å². The van der Waals surface area contributed by atoms with E-state index in [4.69, 9.17) is 0 Å². The summed E-state index contributed by atoms with van der Waals surface area (Å²) < 4.78 is 0. The molecule has 2 aromatic carbocycles. The van der Waals surface area contributed by atoms with E-state index in [0.717, 1.165) is 13.1 Å². The fraction of sp³-hybridized carbons (Fsp3) is 0.429. The number of nitrogens with one attached hydrogen (secondary N) is 2. The smallest absolute Gasteiger partial charge is 0.0372 e. The maximum atomic E-state index is 3.85. The minimum atomic E-state index is 0.139. The molecule has 0 bridgehead atoms. The quantitative estimate of drug-likeness (QED) is 0.383. The first-order valence-corrected chi connectivity index (χ1v) is 12.2. The van der Waals surface area contributed by atoms with Crippen LogP contribution < -0.4 is 10.6 Å². The molecule has 3 heteroatoms. The lowest BCUT2D eigenvalue weighted by Crippen LogP contribution is -2.33. The van der Waals surface area contributed by atoms with Crippen LogP contribution in [0, 0.1) is 10.8 Å². The number of hydrogen-bond donors (Lipinski definition) is 2. The maximum absolute atomic E-state index is 3.85. The van der Waals surface area contributed by atoms with Crippen LogP contribution in [0.4, 0.5) is 0 Å². The normalized spacial score (nSPS) is 14.4. The molecule has 0 aliphatic heterocycles. The van der Waals surface area contributed by atoms with Crippen molar-refractivity contribution >= 4 is 11.3 Å². The highest BCUT2D eigenvalue weighted by Gasteiger charge is 2.27. The fourth-order valence-electron chi connectivity index (χ4n) is 4.23. The molecule has 3 aromatic rings. The topological polar surface area (TPSA) is 24.1 Å². The number of thiophene rings is 1. The van der Waals surface area contributed by atoms with Crippen molar-refractivity contribution in [2.24, 2.45) is 10.8 Å². The van der Waals surface area contributed by atoms with E-state index in [1.54, 1.807) is 0 Å². The second-order valence-corrected chi connectivity index (χ2v) is 11.6. The maximum Gasteiger partial charge on any atom is 0.0372 e. The van der Waals surface area contributed by atoms with Gasteiger partial charge < -0.3 is 10.6 Å². The summed E-state index contributed by atoms with van der Waals surface area (Å²) in [5.74, 6) is 0. The molecule has 0 amide bonds. The second-order valence-electron chi connectivity index (χ2n) is 10.6. The first-order valence-electron chi connectivity index (χ1n) is 11.3. The Bertz CT molecular complexity index is 841. The fourth-order valence-corrected chi connectivity index (χ4v) is 5.08. The lowest BCUT2D eigenvalue weighted by molar-refractivity contribution is 0.268. The second kappa shape index (κ2) is 10.1. The van der Waals surface area contributed by atoms with E-state index in [2.05, 4.69) is 124 Å². The molecule has 1 aromatic heterocycles. The average molecular weight is 435 g/mol. The Morgan fingerprint density at radius 2 is 1.10 bits per heavy atom. The molecule has 0 aliphatic rings. The Kier molecular flexibility index (Phi) is 7.74. The molecule has 2 N–H and O–H groups in total. The van der Waals surface area contributed by atoms with Gasteiger partial charge in [0.25, 0.3) is 0 Å². The van der Waals surface area contributed by atoms with Gasteiger partial charge in [0, 0.05) is 30.1 Å². The number of rotatable bonds is 8. The lowest BCUT2D eigenvalue weighted by Gasteiger charge is -2.33. The van der Waals surface area contributed by atoms with Crippen molar-refractivity contribution in [3.05, 3.63) is 93.7 Å². The zero-order chi connectivity index (χ0) is 22.5. The van der Waals surface area contributed by atoms with Crippen LogP contribution in [0.1, 0.15) is 75.2 Å². The summed E-state index contributed by atoms with van der Waals surface area (Å²) in [6, 6.07) is 24.5. The predicted molar refractivity (Wildman–Crippen MR) is 135 cm³/mol. The Morgan fingerprint density at radius 3 is 1.55 bits per heavy atom. The Labute approximate surface area is 193 Å². The summed E-state index contributed by atoms with van der Waals surface area (Å²) >= 11 is 1.85. The zero-order valence-corrected chi connectivity index (χ0v) is 20.7. The monoisotopic (exact) mass is 434 g/mol. The van der Waals surface area contributed by atoms with Crippen LogP contribution in [0.3, 0.4) is 0 Å². The third kappa shape index (κ3) is 6.52. The van der Waals surface area contributed by atoms with Gasteiger partial charge in [0.05, 0.1) is 0 Å². The molecule has 0 fully saturated rings. The molecule has 31 heavy (non-hydrogen) atoms. The first kappa shape index (κ1) is 23.7. The van der Waals surface area contributed by atoms with Crippen molar-refractivity contribution in [2.75, 3.05) is 0 Å². The van der Waals surface area contributed by atoms with Gasteiger partial charge in [-0.05, 0) is 39.0 Å². The van der Waals surface area contributed by atoms with Gasteiger partial charge in [-0.15, -0.1) is 11.3 Å². The van der Waals surface area contributed by atoms with E-state index in [1.165, 1.54) is 21.6 Å². The van der Waals surface area contributed by atoms with E-state index >= 15 is 0 Å². The van der Waals surface area contributed by atoms with Gasteiger partial charge in [-0.1, -0.05) is 102 Å². The Morgan fingerprint density at radius 1 is 0.645 bits per heavy atom. The van der Waals surface area contributed by atoms with Gasteiger partial charge >= 0.3 is 0 Å². The standard InChI is InChI=1S/C28H38N2S/c1-27(2,3)25(21-13-9-7-10-14-21)29-19-23-17-18-31-24(23)20-30-26(28(4,5)6)22-15-11-8-12-16-22/h7-18,25-26,29-30H,19-20H2,1-6H3/t25?,26-/m0/s1. The largest absolute Gasteiger partial charge is 0.305 e. The minimum absolute atomic E-state index is 0.139. The molecule has 0 aliphatic carbocycles. The third-order valence-electron chi connectivity index (χ3n) is 5.80. The summed E-state index contributed by atoms with van der Waals surface area (Å²) in [4.78, 5) is 1.42. The molecular formula is C28H38N2S. The van der Waals surface area contributed by atoms with Crippen LogP contribution >= 0.6 is 11.3 Å². The van der Waals surface area contributed by atoms with Crippen molar-refractivity contribution in [2.45, 2.75) is 66.7 Å². The van der Waals surface area contributed by atoms with Crippen LogP contribution in [0.15, 0.2) is 72.1 Å². The van der Waals surface area contributed by atoms with Gasteiger partial charge in [0.15, 0.2) is 0 Å². The molecule has 0 saturated heterocycles. The van der Waals surface area contributed by atoms with Crippen LogP contribution in [0.2, 0.25) is 0 Å². The number of hydrogen-bond acceptors (Lipinski definition) is 3. The first-order chi connectivity index (χ1) is 14.7. The highest BCUT2D eigenvalue weighted by atomic mass is 32.1. The predicted octanol–water partition coefficient (Wildman–Crippen LogP) is 7.50. The molecule has 0 spiro atoms. The van der Waals surface area contributed by atoms with E-state index in [9.17, 15) is 0 Å². The molecular weight excluding hydrogens is 396 g/mol. The van der Waals surface area contributed by atoms with Gasteiger partial charge in [0.1, 0.15) is 0 Å². The lowest BCUT2D eigenvalue weighted by atomic mass is 9.82. The van der Waals surface area contributed by atoms with Gasteiger partial charge in [0.2, 0.25) is 0 Å². The van der Waals surface area contributed by atoms with Gasteiger partial charge in [-0.3, -0.25) is 0 Å². The number of benzene rings is 2. The summed E-state index contributed by atoms with van der Waals surface area (Å²) in [5.41, 5.74) is 4.37. The molecule has 1 unspecified atom stereocenters. The molecule has 1 heterocycles. The summed E-state index contributed by atoms with van der Waals surface area (Å²) in [6.07, 6.45) is 0. The highest BCUT2D eigenvalue weighted by Crippen LogP contribution is 2.35. The van der Waals surface area contributed by atoms with Crippen LogP contribution in [0.25, 0.3) is 0 Å². The molecule has 2 atom stereocenters. The van der Waals surface area contributed by atoms with Gasteiger partial charge in [-0.25, -0.2) is 0 Å². The third-order valence-corrected chi connectivity index (χ3v) is 6.76. The van der Waals surface area contributed by atoms with Crippen molar-refractivity contribution in [1.29, 1.82) is 0 Å². The van der Waals surface area contributed by atoms with Crippen molar-refractivity contribution in [3.8, 4) is 0 Å². The van der Waals surface area contributed by atoms with E-state index < -0.39 is 0 Å². The van der Waals surface area contributed by atoms with Crippen LogP contribution in [0.5, 0.6) is 0 Å². The average Bonchev–Trinajstić information content (AvgIpc) is 3.15. The summed E-state index contributed by atoms with van der Waals surface area (Å²) in [6.45, 7) is 15.6. The zero-order valence-electron chi connectivity index (χ0n) is 19.9. The molecule has 3 rings (SSSR count). The van der Waals surface area contributed by atoms with E-state index in [1.807, 2.05) is 11.3 Å².